The second kappa shape index (κ2) is 4.88. The van der Waals surface area contributed by atoms with Gasteiger partial charge in [-0.3, -0.25) is 4.72 Å². The normalized spacial score (nSPS) is 11.9. The van der Waals surface area contributed by atoms with E-state index in [0.29, 0.717) is 17.9 Å². The number of H-pyrrole nitrogens is 2. The summed E-state index contributed by atoms with van der Waals surface area (Å²) in [5.41, 5.74) is 2.05. The maximum Gasteiger partial charge on any atom is 0.278 e. The lowest BCUT2D eigenvalue weighted by Gasteiger charge is -2.05. The highest BCUT2D eigenvalue weighted by Gasteiger charge is 2.17. The summed E-state index contributed by atoms with van der Waals surface area (Å²) in [5.74, 6) is 1.42. The molecule has 0 fully saturated rings. The Kier molecular flexibility index (Phi) is 3.17. The van der Waals surface area contributed by atoms with Gasteiger partial charge in [-0.1, -0.05) is 6.92 Å². The van der Waals surface area contributed by atoms with E-state index < -0.39 is 10.0 Å². The molecule has 0 saturated heterocycles. The van der Waals surface area contributed by atoms with Crippen LogP contribution in [0.4, 0.5) is 5.69 Å². The predicted molar refractivity (Wildman–Crippen MR) is 79.6 cm³/mol. The van der Waals surface area contributed by atoms with Crippen molar-refractivity contribution in [1.29, 1.82) is 0 Å². The van der Waals surface area contributed by atoms with Gasteiger partial charge in [-0.25, -0.2) is 9.97 Å². The van der Waals surface area contributed by atoms with Gasteiger partial charge in [0.1, 0.15) is 11.6 Å². The number of nitrogens with one attached hydrogen (secondary N) is 3. The molecule has 2 heterocycles. The summed E-state index contributed by atoms with van der Waals surface area (Å²) in [6, 6.07) is 5.16. The average Bonchev–Trinajstić information content (AvgIpc) is 3.03. The molecule has 0 aliphatic rings. The lowest BCUT2D eigenvalue weighted by atomic mass is 10.3. The summed E-state index contributed by atoms with van der Waals surface area (Å²) in [7, 11) is -3.67. The fourth-order valence-corrected chi connectivity index (χ4v) is 3.06. The molecule has 0 spiro atoms. The first kappa shape index (κ1) is 13.6. The Morgan fingerprint density at radius 3 is 2.81 bits per heavy atom. The molecule has 21 heavy (non-hydrogen) atoms. The van der Waals surface area contributed by atoms with Crippen LogP contribution in [0.2, 0.25) is 0 Å². The smallest absolute Gasteiger partial charge is 0.278 e. The molecule has 0 atom stereocenters. The zero-order valence-corrected chi connectivity index (χ0v) is 12.5. The van der Waals surface area contributed by atoms with Crippen molar-refractivity contribution < 1.29 is 8.42 Å². The Labute approximate surface area is 121 Å². The molecule has 3 N–H and O–H groups in total. The molecule has 110 valence electrons. The number of imidazole rings is 2. The summed E-state index contributed by atoms with van der Waals surface area (Å²) in [5, 5.41) is 0.0558. The zero-order valence-electron chi connectivity index (χ0n) is 11.6. The van der Waals surface area contributed by atoms with Gasteiger partial charge < -0.3 is 9.97 Å². The van der Waals surface area contributed by atoms with Crippen LogP contribution in [0.15, 0.2) is 29.4 Å². The highest BCUT2D eigenvalue weighted by Crippen LogP contribution is 2.20. The van der Waals surface area contributed by atoms with Crippen molar-refractivity contribution in [1.82, 2.24) is 19.9 Å². The molecule has 0 saturated carbocycles. The van der Waals surface area contributed by atoms with E-state index in [0.717, 1.165) is 16.9 Å². The molecule has 2 aromatic heterocycles. The molecule has 0 aliphatic heterocycles. The van der Waals surface area contributed by atoms with Crippen LogP contribution in [0.1, 0.15) is 18.6 Å². The number of hydrogen-bond donors (Lipinski definition) is 3. The molecule has 0 bridgehead atoms. The highest BCUT2D eigenvalue weighted by molar-refractivity contribution is 7.92. The van der Waals surface area contributed by atoms with Gasteiger partial charge in [0.15, 0.2) is 5.03 Å². The topological polar surface area (TPSA) is 104 Å². The number of nitrogens with zero attached hydrogens (tertiary/aromatic N) is 2. The number of aromatic amines is 2. The Hall–Kier alpha value is -2.35. The number of anilines is 1. The Bertz CT molecular complexity index is 894. The molecule has 0 radical (unpaired) electrons. The third-order valence-corrected chi connectivity index (χ3v) is 4.37. The van der Waals surface area contributed by atoms with E-state index in [4.69, 9.17) is 0 Å². The largest absolute Gasteiger partial charge is 0.342 e. The van der Waals surface area contributed by atoms with Crippen LogP contribution in [0.5, 0.6) is 0 Å². The quantitative estimate of drug-likeness (QED) is 0.685. The summed E-state index contributed by atoms with van der Waals surface area (Å²) in [6.45, 7) is 3.75. The van der Waals surface area contributed by atoms with Crippen molar-refractivity contribution in [3.63, 3.8) is 0 Å². The van der Waals surface area contributed by atoms with E-state index in [1.54, 1.807) is 18.2 Å². The third kappa shape index (κ3) is 2.62. The number of benzene rings is 1. The maximum absolute atomic E-state index is 12.3. The van der Waals surface area contributed by atoms with E-state index in [2.05, 4.69) is 24.7 Å². The van der Waals surface area contributed by atoms with Crippen molar-refractivity contribution in [3.8, 4) is 0 Å². The van der Waals surface area contributed by atoms with Crippen molar-refractivity contribution in [2.45, 2.75) is 25.3 Å². The van der Waals surface area contributed by atoms with Crippen LogP contribution in [0.25, 0.3) is 11.0 Å². The van der Waals surface area contributed by atoms with Gasteiger partial charge in [0.25, 0.3) is 10.0 Å². The molecule has 3 aromatic rings. The molecule has 8 heteroatoms. The standard InChI is InChI=1S/C13H15N5O2S/c1-3-12-14-7-13(17-12)21(19,20)18-9-4-5-10-11(6-9)16-8(2)15-10/h4-7,18H,3H2,1-2H3,(H,14,17)(H,15,16). The SMILES string of the molecule is CCc1ncc(S(=O)(=O)Nc2ccc3nc(C)[nH]c3c2)[nH]1. The van der Waals surface area contributed by atoms with Crippen LogP contribution >= 0.6 is 0 Å². The predicted octanol–water partition coefficient (Wildman–Crippen LogP) is 1.96. The first-order chi connectivity index (χ1) is 9.98. The van der Waals surface area contributed by atoms with E-state index in [1.807, 2.05) is 13.8 Å². The number of rotatable bonds is 4. The van der Waals surface area contributed by atoms with Gasteiger partial charge >= 0.3 is 0 Å². The van der Waals surface area contributed by atoms with Crippen molar-refractivity contribution >= 4 is 26.7 Å². The van der Waals surface area contributed by atoms with E-state index in [-0.39, 0.29) is 5.03 Å². The van der Waals surface area contributed by atoms with Crippen molar-refractivity contribution in [3.05, 3.63) is 36.0 Å². The number of aromatic nitrogens is 4. The van der Waals surface area contributed by atoms with Crippen LogP contribution in [0, 0.1) is 6.92 Å². The van der Waals surface area contributed by atoms with Gasteiger partial charge in [0, 0.05) is 6.42 Å². The van der Waals surface area contributed by atoms with Gasteiger partial charge in [0.05, 0.1) is 22.9 Å². The molecule has 0 aliphatic carbocycles. The van der Waals surface area contributed by atoms with Crippen molar-refractivity contribution in [2.24, 2.45) is 0 Å². The fraction of sp³-hybridized carbons (Fsp3) is 0.231. The van der Waals surface area contributed by atoms with E-state index >= 15 is 0 Å². The Balaban J connectivity index is 1.92. The first-order valence-electron chi connectivity index (χ1n) is 6.51. The molecular weight excluding hydrogens is 290 g/mol. The van der Waals surface area contributed by atoms with E-state index in [1.165, 1.54) is 6.20 Å². The Morgan fingerprint density at radius 2 is 2.10 bits per heavy atom. The lowest BCUT2D eigenvalue weighted by molar-refractivity contribution is 0.598. The number of sulfonamides is 1. The van der Waals surface area contributed by atoms with Gasteiger partial charge in [-0.2, -0.15) is 8.42 Å². The highest BCUT2D eigenvalue weighted by atomic mass is 32.2. The first-order valence-corrected chi connectivity index (χ1v) is 7.99. The average molecular weight is 305 g/mol. The second-order valence-corrected chi connectivity index (χ2v) is 6.36. The number of fused-ring (bicyclic) bond motifs is 1. The second-order valence-electron chi connectivity index (χ2n) is 4.71. The fourth-order valence-electron chi connectivity index (χ4n) is 2.07. The maximum atomic E-state index is 12.3. The molecular formula is C13H15N5O2S. The van der Waals surface area contributed by atoms with Gasteiger partial charge in [0.2, 0.25) is 0 Å². The number of hydrogen-bond acceptors (Lipinski definition) is 4. The van der Waals surface area contributed by atoms with Crippen LogP contribution in [-0.4, -0.2) is 28.4 Å². The van der Waals surface area contributed by atoms with Crippen LogP contribution in [-0.2, 0) is 16.4 Å². The summed E-state index contributed by atoms with van der Waals surface area (Å²) >= 11 is 0. The van der Waals surface area contributed by atoms with Gasteiger partial charge in [-0.05, 0) is 25.1 Å². The minimum Gasteiger partial charge on any atom is -0.342 e. The van der Waals surface area contributed by atoms with Crippen LogP contribution in [0.3, 0.4) is 0 Å². The van der Waals surface area contributed by atoms with Crippen LogP contribution < -0.4 is 4.72 Å². The minimum atomic E-state index is -3.67. The molecule has 7 nitrogen and oxygen atoms in total. The van der Waals surface area contributed by atoms with E-state index in [9.17, 15) is 8.42 Å². The van der Waals surface area contributed by atoms with Gasteiger partial charge in [-0.15, -0.1) is 0 Å². The van der Waals surface area contributed by atoms with Crippen molar-refractivity contribution in [2.75, 3.05) is 4.72 Å². The summed E-state index contributed by atoms with van der Waals surface area (Å²) in [6.07, 6.45) is 1.97. The Morgan fingerprint density at radius 1 is 1.29 bits per heavy atom. The summed E-state index contributed by atoms with van der Waals surface area (Å²) in [4.78, 5) is 14.1. The molecule has 0 amide bonds. The molecule has 1 aromatic carbocycles. The lowest BCUT2D eigenvalue weighted by Crippen LogP contribution is -2.13. The monoisotopic (exact) mass is 305 g/mol. The minimum absolute atomic E-state index is 0.0558. The molecule has 0 unspecified atom stereocenters. The molecule has 3 rings (SSSR count). The third-order valence-electron chi connectivity index (χ3n) is 3.08. The summed E-state index contributed by atoms with van der Waals surface area (Å²) < 4.78 is 27.1. The number of aryl methyl sites for hydroxylation is 2. The zero-order chi connectivity index (χ0) is 15.0.